The molecule has 2 fully saturated rings. The van der Waals surface area contributed by atoms with E-state index in [0.717, 1.165) is 18.8 Å². The van der Waals surface area contributed by atoms with Gasteiger partial charge in [-0.2, -0.15) is 0 Å². The van der Waals surface area contributed by atoms with Gasteiger partial charge in [0.15, 0.2) is 5.79 Å². The Bertz CT molecular complexity index is 1430. The van der Waals surface area contributed by atoms with Gasteiger partial charge in [0.2, 0.25) is 0 Å². The molecule has 0 aromatic heterocycles. The highest BCUT2D eigenvalue weighted by molar-refractivity contribution is 6.30. The Balaban J connectivity index is 1.28. The molecule has 0 saturated carbocycles. The first-order valence-electron chi connectivity index (χ1n) is 13.7. The number of hydrogen-bond donors (Lipinski definition) is 0. The van der Waals surface area contributed by atoms with Crippen molar-refractivity contribution in [3.63, 3.8) is 0 Å². The zero-order valence-corrected chi connectivity index (χ0v) is 24.3. The molecular formula is C30H32ClN3O8. The number of rotatable bonds is 7. The van der Waals surface area contributed by atoms with Gasteiger partial charge >= 0.3 is 11.9 Å². The lowest BCUT2D eigenvalue weighted by Crippen LogP contribution is -2.45. The van der Waals surface area contributed by atoms with Crippen LogP contribution in [0.1, 0.15) is 38.2 Å². The number of allylic oxidation sites excluding steroid dienone is 1. The molecule has 3 unspecified atom stereocenters. The molecule has 222 valence electrons. The molecule has 0 radical (unpaired) electrons. The molecule has 11 nitrogen and oxygen atoms in total. The highest BCUT2D eigenvalue weighted by Crippen LogP contribution is 2.41. The van der Waals surface area contributed by atoms with Crippen LogP contribution in [-0.4, -0.2) is 67.9 Å². The number of carbonyl (C=O) groups excluding carboxylic acids is 2. The van der Waals surface area contributed by atoms with E-state index in [4.69, 9.17) is 30.5 Å². The Morgan fingerprint density at radius 2 is 1.88 bits per heavy atom. The number of aliphatic imine (C=N–C) groups is 1. The average molecular weight is 598 g/mol. The first-order valence-corrected chi connectivity index (χ1v) is 14.1. The molecule has 0 N–H and O–H groups in total. The minimum atomic E-state index is -0.955. The second kappa shape index (κ2) is 12.2. The van der Waals surface area contributed by atoms with Crippen molar-refractivity contribution in [2.24, 2.45) is 10.9 Å². The number of non-ortho nitro benzene ring substituents is 1. The van der Waals surface area contributed by atoms with Crippen molar-refractivity contribution < 1.29 is 33.5 Å². The minimum absolute atomic E-state index is 0.0640. The molecule has 0 amide bonds. The van der Waals surface area contributed by atoms with E-state index in [-0.39, 0.29) is 24.5 Å². The Morgan fingerprint density at radius 3 is 2.55 bits per heavy atom. The number of carbonyl (C=O) groups is 2. The number of benzene rings is 2. The van der Waals surface area contributed by atoms with E-state index in [1.54, 1.807) is 19.9 Å². The maximum absolute atomic E-state index is 13.6. The third-order valence-electron chi connectivity index (χ3n) is 7.97. The number of esters is 2. The number of piperidine rings is 1. The summed E-state index contributed by atoms with van der Waals surface area (Å²) in [5.41, 5.74) is 2.27. The largest absolute Gasteiger partial charge is 0.468 e. The molecule has 0 aliphatic carbocycles. The van der Waals surface area contributed by atoms with Crippen LogP contribution in [0.15, 0.2) is 64.8 Å². The number of nitro benzene ring substituents is 1. The Kier molecular flexibility index (Phi) is 8.63. The maximum atomic E-state index is 13.6. The number of nitro groups is 1. The molecule has 3 atom stereocenters. The van der Waals surface area contributed by atoms with E-state index in [9.17, 15) is 19.7 Å². The molecule has 1 spiro atoms. The lowest BCUT2D eigenvalue weighted by atomic mass is 9.75. The molecule has 3 aliphatic rings. The number of anilines is 1. The summed E-state index contributed by atoms with van der Waals surface area (Å²) in [6, 6.07) is 13.6. The zero-order chi connectivity index (χ0) is 30.0. The quantitative estimate of drug-likeness (QED) is 0.250. The smallest absolute Gasteiger partial charge is 0.336 e. The highest BCUT2D eigenvalue weighted by atomic mass is 35.5. The van der Waals surface area contributed by atoms with Gasteiger partial charge in [-0.05, 0) is 43.7 Å². The normalized spacial score (nSPS) is 23.5. The van der Waals surface area contributed by atoms with Gasteiger partial charge < -0.3 is 23.8 Å². The number of ether oxygens (including phenoxy) is 4. The van der Waals surface area contributed by atoms with Crippen LogP contribution < -0.4 is 4.90 Å². The third-order valence-corrected chi connectivity index (χ3v) is 8.23. The summed E-state index contributed by atoms with van der Waals surface area (Å²) >= 11 is 6.02. The van der Waals surface area contributed by atoms with Crippen LogP contribution in [0.25, 0.3) is 0 Å². The van der Waals surface area contributed by atoms with Crippen molar-refractivity contribution in [3.8, 4) is 0 Å². The number of hydrogen-bond acceptors (Lipinski definition) is 10. The monoisotopic (exact) mass is 597 g/mol. The van der Waals surface area contributed by atoms with Crippen molar-refractivity contribution in [2.75, 3.05) is 38.3 Å². The Hall–Kier alpha value is -3.80. The maximum Gasteiger partial charge on any atom is 0.336 e. The molecule has 2 saturated heterocycles. The summed E-state index contributed by atoms with van der Waals surface area (Å²) in [6.07, 6.45) is 0.820. The van der Waals surface area contributed by atoms with Gasteiger partial charge in [0.05, 0.1) is 24.2 Å². The number of halogens is 1. The van der Waals surface area contributed by atoms with Gasteiger partial charge in [0, 0.05) is 66.1 Å². The third kappa shape index (κ3) is 6.04. The molecule has 3 aliphatic heterocycles. The van der Waals surface area contributed by atoms with E-state index in [1.807, 2.05) is 24.3 Å². The number of nitrogens with zero attached hydrogens (tertiary/aromatic N) is 3. The second-order valence-corrected chi connectivity index (χ2v) is 11.0. The van der Waals surface area contributed by atoms with E-state index in [1.165, 1.54) is 25.3 Å². The van der Waals surface area contributed by atoms with E-state index < -0.39 is 40.6 Å². The molecule has 0 bridgehead atoms. The summed E-state index contributed by atoms with van der Waals surface area (Å²) in [5.74, 6) is -3.88. The summed E-state index contributed by atoms with van der Waals surface area (Å²) in [4.78, 5) is 44.1. The molecule has 2 aromatic rings. The molecule has 12 heteroatoms. The van der Waals surface area contributed by atoms with Gasteiger partial charge in [-0.1, -0.05) is 23.7 Å². The van der Waals surface area contributed by atoms with Crippen LogP contribution in [0.4, 0.5) is 11.4 Å². The number of methoxy groups -OCH3 is 1. The first-order chi connectivity index (χ1) is 20.1. The second-order valence-electron chi connectivity index (χ2n) is 10.6. The first kappa shape index (κ1) is 29.7. The van der Waals surface area contributed by atoms with Crippen LogP contribution in [0.3, 0.4) is 0 Å². The van der Waals surface area contributed by atoms with Gasteiger partial charge in [-0.15, -0.1) is 0 Å². The molecule has 42 heavy (non-hydrogen) atoms. The fraction of sp³-hybridized carbons (Fsp3) is 0.433. The van der Waals surface area contributed by atoms with Crippen molar-refractivity contribution in [3.05, 3.63) is 80.5 Å². The van der Waals surface area contributed by atoms with Gasteiger partial charge in [-0.3, -0.25) is 19.9 Å². The average Bonchev–Trinajstić information content (AvgIpc) is 3.38. The topological polar surface area (TPSA) is 130 Å². The van der Waals surface area contributed by atoms with Crippen LogP contribution in [-0.2, 0) is 28.5 Å². The van der Waals surface area contributed by atoms with Crippen LogP contribution in [0.2, 0.25) is 5.02 Å². The van der Waals surface area contributed by atoms with Crippen LogP contribution in [0.5, 0.6) is 0 Å². The van der Waals surface area contributed by atoms with Crippen molar-refractivity contribution in [2.45, 2.75) is 44.5 Å². The van der Waals surface area contributed by atoms with Gasteiger partial charge in [0.25, 0.3) is 5.69 Å². The summed E-state index contributed by atoms with van der Waals surface area (Å²) in [7, 11) is 1.25. The Labute approximate surface area is 248 Å². The molecule has 3 heterocycles. The van der Waals surface area contributed by atoms with Gasteiger partial charge in [0.1, 0.15) is 18.6 Å². The van der Waals surface area contributed by atoms with E-state index in [0.29, 0.717) is 34.8 Å². The summed E-state index contributed by atoms with van der Waals surface area (Å²) < 4.78 is 23.1. The van der Waals surface area contributed by atoms with Crippen molar-refractivity contribution in [1.29, 1.82) is 0 Å². The molecule has 2 aromatic carbocycles. The SMILES string of the molecule is COC(=O)C1C(C)=NC(C)=C(C(=O)OCC2COC3(CCN(c4ccc(Cl)cc4)CC3)O2)C1c1cccc([N+](=O)[O-])c1. The molecule has 5 rings (SSSR count). The minimum Gasteiger partial charge on any atom is -0.468 e. The highest BCUT2D eigenvalue weighted by Gasteiger charge is 2.46. The summed E-state index contributed by atoms with van der Waals surface area (Å²) in [6.45, 7) is 4.98. The Morgan fingerprint density at radius 1 is 1.17 bits per heavy atom. The molecular weight excluding hydrogens is 566 g/mol. The van der Waals surface area contributed by atoms with Crippen molar-refractivity contribution >= 4 is 40.6 Å². The lowest BCUT2D eigenvalue weighted by molar-refractivity contribution is -0.384. The van der Waals surface area contributed by atoms with E-state index >= 15 is 0 Å². The van der Waals surface area contributed by atoms with Gasteiger partial charge in [-0.25, -0.2) is 4.79 Å². The fourth-order valence-corrected chi connectivity index (χ4v) is 6.02. The predicted molar refractivity (Wildman–Crippen MR) is 155 cm³/mol. The summed E-state index contributed by atoms with van der Waals surface area (Å²) in [5, 5.41) is 12.2. The van der Waals surface area contributed by atoms with Crippen molar-refractivity contribution in [1.82, 2.24) is 0 Å². The van der Waals surface area contributed by atoms with Crippen LogP contribution >= 0.6 is 11.6 Å². The lowest BCUT2D eigenvalue weighted by Gasteiger charge is -2.39. The fourth-order valence-electron chi connectivity index (χ4n) is 5.89. The predicted octanol–water partition coefficient (Wildman–Crippen LogP) is 4.82. The standard InChI is InChI=1S/C30H32ClN3O8/c1-18-25(28(35)39-3)27(20-5-4-6-23(15-20)34(37)38)26(19(2)32-18)29(36)40-16-24-17-41-30(42-24)11-13-33(14-12-30)22-9-7-21(31)8-10-22/h4-10,15,24-25,27H,11-14,16-17H2,1-3H3. The van der Waals surface area contributed by atoms with Crippen LogP contribution in [0, 0.1) is 16.0 Å². The van der Waals surface area contributed by atoms with E-state index in [2.05, 4.69) is 9.89 Å². The zero-order valence-electron chi connectivity index (χ0n) is 23.6.